The van der Waals surface area contributed by atoms with Crippen molar-refractivity contribution in [1.82, 2.24) is 4.98 Å². The van der Waals surface area contributed by atoms with Gasteiger partial charge in [-0.1, -0.05) is 29.3 Å². The number of nitrogens with zero attached hydrogens (tertiary/aromatic N) is 1. The Morgan fingerprint density at radius 2 is 2.06 bits per heavy atom. The van der Waals surface area contributed by atoms with E-state index in [-0.39, 0.29) is 0 Å². The number of aromatic nitrogens is 1. The highest BCUT2D eigenvalue weighted by molar-refractivity contribution is 6.32. The summed E-state index contributed by atoms with van der Waals surface area (Å²) in [6, 6.07) is 7.12. The molecule has 18 heavy (non-hydrogen) atoms. The molecule has 0 fully saturated rings. The quantitative estimate of drug-likeness (QED) is 0.776. The number of esters is 1. The third kappa shape index (κ3) is 2.68. The lowest BCUT2D eigenvalue weighted by Gasteiger charge is -2.08. The van der Waals surface area contributed by atoms with Gasteiger partial charge < -0.3 is 4.74 Å². The van der Waals surface area contributed by atoms with Gasteiger partial charge in [0.1, 0.15) is 5.02 Å². The number of rotatable bonds is 2. The van der Waals surface area contributed by atoms with Crippen LogP contribution in [0.3, 0.4) is 0 Å². The molecule has 0 amide bonds. The van der Waals surface area contributed by atoms with Crippen LogP contribution in [-0.4, -0.2) is 11.0 Å². The number of ether oxygens (including phenoxy) is 1. The maximum Gasteiger partial charge on any atom is 0.343 e. The van der Waals surface area contributed by atoms with Gasteiger partial charge in [-0.2, -0.15) is 0 Å². The summed E-state index contributed by atoms with van der Waals surface area (Å²) >= 11 is 5.88. The molecular formula is C14H12ClNO2. The average molecular weight is 262 g/mol. The van der Waals surface area contributed by atoms with Crippen LogP contribution in [0.15, 0.2) is 36.7 Å². The van der Waals surface area contributed by atoms with E-state index in [2.05, 4.69) is 4.98 Å². The van der Waals surface area contributed by atoms with Gasteiger partial charge in [0.2, 0.25) is 0 Å². The van der Waals surface area contributed by atoms with Crippen LogP contribution in [0.5, 0.6) is 5.75 Å². The third-order valence-corrected chi connectivity index (χ3v) is 2.82. The molecule has 0 atom stereocenters. The fourth-order valence-corrected chi connectivity index (χ4v) is 1.80. The first-order chi connectivity index (χ1) is 8.58. The van der Waals surface area contributed by atoms with Crippen molar-refractivity contribution in [3.8, 4) is 5.75 Å². The van der Waals surface area contributed by atoms with Crippen LogP contribution >= 0.6 is 11.6 Å². The molecule has 4 heteroatoms. The molecule has 0 saturated heterocycles. The summed E-state index contributed by atoms with van der Waals surface area (Å²) in [5, 5.41) is 0.315. The van der Waals surface area contributed by atoms with Crippen molar-refractivity contribution in [2.24, 2.45) is 0 Å². The molecule has 0 aliphatic carbocycles. The van der Waals surface area contributed by atoms with Gasteiger partial charge in [0.25, 0.3) is 0 Å². The minimum atomic E-state index is -0.416. The van der Waals surface area contributed by atoms with Gasteiger partial charge >= 0.3 is 5.97 Å². The molecule has 0 N–H and O–H groups in total. The number of aryl methyl sites for hydroxylation is 2. The number of pyridine rings is 1. The van der Waals surface area contributed by atoms with E-state index in [4.69, 9.17) is 16.3 Å². The largest absolute Gasteiger partial charge is 0.421 e. The summed E-state index contributed by atoms with van der Waals surface area (Å²) in [5.41, 5.74) is 2.52. The Hall–Kier alpha value is -1.87. The van der Waals surface area contributed by atoms with Gasteiger partial charge in [-0.05, 0) is 25.5 Å². The van der Waals surface area contributed by atoms with E-state index in [1.54, 1.807) is 12.1 Å². The molecule has 0 saturated carbocycles. The predicted octanol–water partition coefficient (Wildman–Crippen LogP) is 3.57. The van der Waals surface area contributed by atoms with E-state index in [0.717, 1.165) is 11.1 Å². The highest BCUT2D eigenvalue weighted by Crippen LogP contribution is 2.23. The summed E-state index contributed by atoms with van der Waals surface area (Å²) in [5.74, 6) is -0.0998. The molecule has 1 aromatic carbocycles. The molecule has 0 aliphatic rings. The van der Waals surface area contributed by atoms with E-state index < -0.39 is 5.97 Å². The standard InChI is InChI=1S/C14H12ClNO2/c1-9-3-4-11(10(2)7-9)14(17)18-13-5-6-16-8-12(13)15/h3-8H,1-2H3. The highest BCUT2D eigenvalue weighted by atomic mass is 35.5. The van der Waals surface area contributed by atoms with Crippen molar-refractivity contribution in [3.05, 3.63) is 58.4 Å². The Balaban J connectivity index is 2.25. The molecule has 1 heterocycles. The minimum Gasteiger partial charge on any atom is -0.421 e. The van der Waals surface area contributed by atoms with Crippen LogP contribution in [0, 0.1) is 13.8 Å². The van der Waals surface area contributed by atoms with Crippen LogP contribution < -0.4 is 4.74 Å². The SMILES string of the molecule is Cc1ccc(C(=O)Oc2ccncc2Cl)c(C)c1. The predicted molar refractivity (Wildman–Crippen MR) is 70.1 cm³/mol. The number of hydrogen-bond donors (Lipinski definition) is 0. The fourth-order valence-electron chi connectivity index (χ4n) is 1.64. The van der Waals surface area contributed by atoms with E-state index >= 15 is 0 Å². The highest BCUT2D eigenvalue weighted by Gasteiger charge is 2.13. The van der Waals surface area contributed by atoms with Crippen molar-refractivity contribution in [1.29, 1.82) is 0 Å². The first-order valence-corrected chi connectivity index (χ1v) is 5.84. The summed E-state index contributed by atoms with van der Waals surface area (Å²) in [7, 11) is 0. The first kappa shape index (κ1) is 12.6. The lowest BCUT2D eigenvalue weighted by molar-refractivity contribution is 0.0734. The Morgan fingerprint density at radius 3 is 2.72 bits per heavy atom. The first-order valence-electron chi connectivity index (χ1n) is 5.47. The molecular weight excluding hydrogens is 250 g/mol. The molecule has 0 spiro atoms. The summed E-state index contributed by atoms with van der Waals surface area (Å²) in [6.07, 6.45) is 2.96. The summed E-state index contributed by atoms with van der Waals surface area (Å²) in [6.45, 7) is 3.85. The van der Waals surface area contributed by atoms with E-state index in [9.17, 15) is 4.79 Å². The second kappa shape index (κ2) is 5.19. The zero-order valence-electron chi connectivity index (χ0n) is 10.1. The summed E-state index contributed by atoms with van der Waals surface area (Å²) in [4.78, 5) is 15.8. The Labute approximate surface area is 110 Å². The van der Waals surface area contributed by atoms with Gasteiger partial charge in [0.05, 0.1) is 5.56 Å². The third-order valence-electron chi connectivity index (χ3n) is 2.54. The zero-order valence-corrected chi connectivity index (χ0v) is 10.9. The monoisotopic (exact) mass is 261 g/mol. The van der Waals surface area contributed by atoms with Crippen molar-refractivity contribution < 1.29 is 9.53 Å². The maximum atomic E-state index is 12.0. The Morgan fingerprint density at radius 1 is 1.28 bits per heavy atom. The second-order valence-corrected chi connectivity index (χ2v) is 4.42. The molecule has 0 bridgehead atoms. The van der Waals surface area contributed by atoms with Crippen LogP contribution in [0.25, 0.3) is 0 Å². The smallest absolute Gasteiger partial charge is 0.343 e. The molecule has 2 aromatic rings. The molecule has 0 unspecified atom stereocenters. The Kier molecular flexibility index (Phi) is 3.63. The van der Waals surface area contributed by atoms with E-state index in [1.165, 1.54) is 12.4 Å². The number of halogens is 1. The topological polar surface area (TPSA) is 39.2 Å². The van der Waals surface area contributed by atoms with Crippen molar-refractivity contribution in [2.45, 2.75) is 13.8 Å². The van der Waals surface area contributed by atoms with Crippen LogP contribution in [0.2, 0.25) is 5.02 Å². The molecule has 0 aliphatic heterocycles. The number of carbonyl (C=O) groups is 1. The lowest BCUT2D eigenvalue weighted by Crippen LogP contribution is -2.10. The fraction of sp³-hybridized carbons (Fsp3) is 0.143. The van der Waals surface area contributed by atoms with Crippen LogP contribution in [0.1, 0.15) is 21.5 Å². The molecule has 1 aromatic heterocycles. The van der Waals surface area contributed by atoms with Crippen molar-refractivity contribution in [3.63, 3.8) is 0 Å². The second-order valence-electron chi connectivity index (χ2n) is 4.01. The maximum absolute atomic E-state index is 12.0. The lowest BCUT2D eigenvalue weighted by atomic mass is 10.1. The van der Waals surface area contributed by atoms with Crippen molar-refractivity contribution in [2.75, 3.05) is 0 Å². The average Bonchev–Trinajstić information content (AvgIpc) is 2.32. The van der Waals surface area contributed by atoms with Gasteiger partial charge in [-0.25, -0.2) is 4.79 Å². The van der Waals surface area contributed by atoms with Gasteiger partial charge in [-0.3, -0.25) is 4.98 Å². The van der Waals surface area contributed by atoms with Gasteiger partial charge in [-0.15, -0.1) is 0 Å². The minimum absolute atomic E-state index is 0.315. The van der Waals surface area contributed by atoms with Crippen LogP contribution in [0.4, 0.5) is 0 Å². The zero-order chi connectivity index (χ0) is 13.1. The summed E-state index contributed by atoms with van der Waals surface area (Å²) < 4.78 is 5.24. The van der Waals surface area contributed by atoms with Gasteiger partial charge in [0.15, 0.2) is 5.75 Å². The van der Waals surface area contributed by atoms with E-state index in [1.807, 2.05) is 26.0 Å². The normalized spacial score (nSPS) is 10.2. The Bertz CT molecular complexity index is 596. The molecule has 92 valence electrons. The number of hydrogen-bond acceptors (Lipinski definition) is 3. The molecule has 2 rings (SSSR count). The van der Waals surface area contributed by atoms with Gasteiger partial charge in [0, 0.05) is 18.5 Å². The number of carbonyl (C=O) groups excluding carboxylic acids is 1. The molecule has 0 radical (unpaired) electrons. The van der Waals surface area contributed by atoms with E-state index in [0.29, 0.717) is 16.3 Å². The molecule has 3 nitrogen and oxygen atoms in total. The van der Waals surface area contributed by atoms with Crippen LogP contribution in [-0.2, 0) is 0 Å². The number of benzene rings is 1. The van der Waals surface area contributed by atoms with Crippen molar-refractivity contribution >= 4 is 17.6 Å².